The normalized spacial score (nSPS) is 10.8. The van der Waals surface area contributed by atoms with E-state index in [9.17, 15) is 9.59 Å². The number of aromatic nitrogens is 1. The van der Waals surface area contributed by atoms with Crippen LogP contribution in [0.25, 0.3) is 27.6 Å². The fourth-order valence-electron chi connectivity index (χ4n) is 4.26. The van der Waals surface area contributed by atoms with Gasteiger partial charge in [0.15, 0.2) is 11.5 Å². The number of fused-ring (bicyclic) bond motifs is 1. The Kier molecular flexibility index (Phi) is 7.59. The van der Waals surface area contributed by atoms with Crippen LogP contribution in [0.2, 0.25) is 0 Å². The fraction of sp³-hybridized carbons (Fsp3) is 0.241. The number of para-hydroxylation sites is 1. The number of methoxy groups -OCH3 is 3. The number of nitrogens with zero attached hydrogens (tertiary/aromatic N) is 1. The molecule has 1 aromatic heterocycles. The first kappa shape index (κ1) is 24.9. The van der Waals surface area contributed by atoms with Gasteiger partial charge in [0.2, 0.25) is 5.75 Å². The van der Waals surface area contributed by atoms with Crippen molar-refractivity contribution in [2.45, 2.75) is 19.8 Å². The molecule has 0 aliphatic carbocycles. The highest BCUT2D eigenvalue weighted by Gasteiger charge is 2.27. The van der Waals surface area contributed by atoms with Gasteiger partial charge in [-0.15, -0.1) is 0 Å². The second kappa shape index (κ2) is 11.0. The molecule has 186 valence electrons. The van der Waals surface area contributed by atoms with Gasteiger partial charge in [0.25, 0.3) is 5.56 Å². The van der Waals surface area contributed by atoms with Gasteiger partial charge in [0.1, 0.15) is 5.69 Å². The standard InChI is InChI=1S/C29H29NO6/c1-5-6-16-36-29(32)26-25(19-17-23(33-2)27(35-4)24(18-19)34-3)21-14-10-11-15-22(21)28(31)30(26)20-12-8-7-9-13-20/h7-15,17-18H,5-6,16H2,1-4H3. The van der Waals surface area contributed by atoms with E-state index in [1.54, 1.807) is 36.4 Å². The molecule has 0 N–H and O–H groups in total. The zero-order valence-corrected chi connectivity index (χ0v) is 20.9. The number of rotatable bonds is 9. The van der Waals surface area contributed by atoms with Crippen molar-refractivity contribution in [1.82, 2.24) is 4.57 Å². The Morgan fingerprint density at radius 3 is 2.03 bits per heavy atom. The maximum absolute atomic E-state index is 13.8. The Balaban J connectivity index is 2.16. The number of esters is 1. The summed E-state index contributed by atoms with van der Waals surface area (Å²) in [7, 11) is 4.59. The maximum Gasteiger partial charge on any atom is 0.356 e. The summed E-state index contributed by atoms with van der Waals surface area (Å²) in [4.78, 5) is 27.5. The zero-order valence-electron chi connectivity index (χ0n) is 20.9. The van der Waals surface area contributed by atoms with Crippen LogP contribution in [0.15, 0.2) is 71.5 Å². The van der Waals surface area contributed by atoms with Crippen LogP contribution in [0.4, 0.5) is 0 Å². The maximum atomic E-state index is 13.8. The van der Waals surface area contributed by atoms with E-state index in [0.717, 1.165) is 6.42 Å². The highest BCUT2D eigenvalue weighted by atomic mass is 16.5. The summed E-state index contributed by atoms with van der Waals surface area (Å²) >= 11 is 0. The van der Waals surface area contributed by atoms with E-state index in [2.05, 4.69) is 0 Å². The summed E-state index contributed by atoms with van der Waals surface area (Å²) in [5.41, 5.74) is 1.54. The van der Waals surface area contributed by atoms with E-state index >= 15 is 0 Å². The van der Waals surface area contributed by atoms with Crippen LogP contribution in [0.3, 0.4) is 0 Å². The molecule has 0 amide bonds. The molecule has 7 heteroatoms. The van der Waals surface area contributed by atoms with Gasteiger partial charge in [-0.3, -0.25) is 9.36 Å². The third kappa shape index (κ3) is 4.52. The van der Waals surface area contributed by atoms with Crippen molar-refractivity contribution >= 4 is 16.7 Å². The molecule has 0 atom stereocenters. The summed E-state index contributed by atoms with van der Waals surface area (Å²) in [5.74, 6) is 0.702. The minimum Gasteiger partial charge on any atom is -0.493 e. The molecule has 0 fully saturated rings. The molecule has 0 bridgehead atoms. The van der Waals surface area contributed by atoms with E-state index in [1.807, 2.05) is 37.3 Å². The van der Waals surface area contributed by atoms with Crippen molar-refractivity contribution in [2.24, 2.45) is 0 Å². The average molecular weight is 488 g/mol. The Labute approximate surface area is 209 Å². The Bertz CT molecular complexity index is 1420. The van der Waals surface area contributed by atoms with E-state index in [4.69, 9.17) is 18.9 Å². The third-order valence-electron chi connectivity index (χ3n) is 5.98. The number of carbonyl (C=O) groups is 1. The number of pyridine rings is 1. The lowest BCUT2D eigenvalue weighted by molar-refractivity contribution is 0.0490. The summed E-state index contributed by atoms with van der Waals surface area (Å²) in [6.07, 6.45) is 1.59. The van der Waals surface area contributed by atoms with Crippen molar-refractivity contribution in [3.8, 4) is 34.1 Å². The molecule has 0 radical (unpaired) electrons. The van der Waals surface area contributed by atoms with Gasteiger partial charge < -0.3 is 18.9 Å². The first-order valence-corrected chi connectivity index (χ1v) is 11.8. The van der Waals surface area contributed by atoms with Gasteiger partial charge in [0.05, 0.1) is 27.9 Å². The molecule has 0 saturated heterocycles. The SMILES string of the molecule is CCCCOC(=O)c1c(-c2cc(OC)c(OC)c(OC)c2)c2ccccc2c(=O)n1-c1ccccc1. The van der Waals surface area contributed by atoms with Gasteiger partial charge in [-0.25, -0.2) is 4.79 Å². The van der Waals surface area contributed by atoms with Gasteiger partial charge in [0, 0.05) is 16.6 Å². The minimum atomic E-state index is -0.584. The van der Waals surface area contributed by atoms with Gasteiger partial charge >= 0.3 is 5.97 Å². The van der Waals surface area contributed by atoms with Crippen LogP contribution >= 0.6 is 0 Å². The molecular formula is C29H29NO6. The molecule has 0 aliphatic heterocycles. The summed E-state index contributed by atoms with van der Waals surface area (Å²) < 4.78 is 23.8. The Morgan fingerprint density at radius 2 is 1.44 bits per heavy atom. The number of hydrogen-bond acceptors (Lipinski definition) is 6. The first-order valence-electron chi connectivity index (χ1n) is 11.8. The Hall–Kier alpha value is -4.26. The molecule has 4 rings (SSSR count). The summed E-state index contributed by atoms with van der Waals surface area (Å²) in [5, 5.41) is 1.08. The van der Waals surface area contributed by atoms with Crippen molar-refractivity contribution in [2.75, 3.05) is 27.9 Å². The third-order valence-corrected chi connectivity index (χ3v) is 5.98. The van der Waals surface area contributed by atoms with Crippen molar-refractivity contribution in [3.05, 3.63) is 82.8 Å². The second-order valence-electron chi connectivity index (χ2n) is 8.15. The molecule has 1 heterocycles. The van der Waals surface area contributed by atoms with E-state index < -0.39 is 5.97 Å². The molecule has 3 aromatic carbocycles. The first-order chi connectivity index (χ1) is 17.5. The Morgan fingerprint density at radius 1 is 0.833 bits per heavy atom. The molecule has 7 nitrogen and oxygen atoms in total. The number of ether oxygens (including phenoxy) is 4. The molecule has 0 saturated carbocycles. The highest BCUT2D eigenvalue weighted by molar-refractivity contribution is 6.07. The summed E-state index contributed by atoms with van der Waals surface area (Å²) in [6, 6.07) is 19.8. The smallest absolute Gasteiger partial charge is 0.356 e. The van der Waals surface area contributed by atoms with Gasteiger partial charge in [-0.2, -0.15) is 0 Å². The minimum absolute atomic E-state index is 0.135. The van der Waals surface area contributed by atoms with Crippen LogP contribution in [0, 0.1) is 0 Å². The molecule has 36 heavy (non-hydrogen) atoms. The monoisotopic (exact) mass is 487 g/mol. The lowest BCUT2D eigenvalue weighted by Gasteiger charge is -2.21. The van der Waals surface area contributed by atoms with Crippen LogP contribution < -0.4 is 19.8 Å². The lowest BCUT2D eigenvalue weighted by atomic mass is 9.95. The van der Waals surface area contributed by atoms with Crippen LogP contribution in [0.5, 0.6) is 17.2 Å². The lowest BCUT2D eigenvalue weighted by Crippen LogP contribution is -2.27. The predicted molar refractivity (Wildman–Crippen MR) is 140 cm³/mol. The second-order valence-corrected chi connectivity index (χ2v) is 8.15. The number of hydrogen-bond donors (Lipinski definition) is 0. The van der Waals surface area contributed by atoms with Gasteiger partial charge in [-0.05, 0) is 47.7 Å². The molecule has 0 unspecified atom stereocenters. The van der Waals surface area contributed by atoms with Crippen LogP contribution in [-0.2, 0) is 4.74 Å². The molecule has 4 aromatic rings. The van der Waals surface area contributed by atoms with Gasteiger partial charge in [-0.1, -0.05) is 49.7 Å². The molecular weight excluding hydrogens is 458 g/mol. The highest BCUT2D eigenvalue weighted by Crippen LogP contribution is 2.43. The number of carbonyl (C=O) groups excluding carboxylic acids is 1. The predicted octanol–water partition coefficient (Wildman–Crippen LogP) is 5.64. The fourth-order valence-corrected chi connectivity index (χ4v) is 4.26. The van der Waals surface area contributed by atoms with E-state index in [0.29, 0.717) is 51.3 Å². The van der Waals surface area contributed by atoms with Crippen molar-refractivity contribution in [3.63, 3.8) is 0 Å². The average Bonchev–Trinajstić information content (AvgIpc) is 2.92. The van der Waals surface area contributed by atoms with Crippen molar-refractivity contribution < 1.29 is 23.7 Å². The zero-order chi connectivity index (χ0) is 25.7. The van der Waals surface area contributed by atoms with Crippen LogP contribution in [0.1, 0.15) is 30.3 Å². The number of benzene rings is 3. The largest absolute Gasteiger partial charge is 0.493 e. The quantitative estimate of drug-likeness (QED) is 0.225. The van der Waals surface area contributed by atoms with Crippen molar-refractivity contribution in [1.29, 1.82) is 0 Å². The van der Waals surface area contributed by atoms with Crippen LogP contribution in [-0.4, -0.2) is 38.5 Å². The van der Waals surface area contributed by atoms with E-state index in [-0.39, 0.29) is 17.9 Å². The summed E-state index contributed by atoms with van der Waals surface area (Å²) in [6.45, 7) is 2.27. The number of unbranched alkanes of at least 4 members (excludes halogenated alkanes) is 1. The molecule has 0 spiro atoms. The van der Waals surface area contributed by atoms with E-state index in [1.165, 1.54) is 25.9 Å². The molecule has 0 aliphatic rings. The topological polar surface area (TPSA) is 76.0 Å².